The number of hydrogen-bond donors (Lipinski definition) is 1. The van der Waals surface area contributed by atoms with Gasteiger partial charge >= 0.3 is 193 Å². The van der Waals surface area contributed by atoms with Crippen LogP contribution in [0.4, 0.5) is 13.2 Å². The Morgan fingerprint density at radius 2 is 2.06 bits per heavy atom. The van der Waals surface area contributed by atoms with E-state index in [1.807, 2.05) is 22.9 Å². The Balaban J connectivity index is 1.61. The number of allylic oxidation sites excluding steroid dienone is 5. The number of aryl methyl sites for hydroxylation is 1. The Labute approximate surface area is 193 Å². The van der Waals surface area contributed by atoms with E-state index < -0.39 is 31.0 Å². The van der Waals surface area contributed by atoms with Crippen LogP contribution in [0.5, 0.6) is 0 Å². The van der Waals surface area contributed by atoms with Crippen LogP contribution in [0.3, 0.4) is 0 Å². The Morgan fingerprint density at radius 3 is 2.88 bits per heavy atom. The third kappa shape index (κ3) is 3.99. The monoisotopic (exact) mass is 550 g/mol. The first kappa shape index (κ1) is 21.3. The Morgan fingerprint density at radius 1 is 1.19 bits per heavy atom. The molecule has 2 aliphatic rings. The topological polar surface area (TPSA) is 69.6 Å². The van der Waals surface area contributed by atoms with E-state index in [0.29, 0.717) is 13.0 Å². The van der Waals surface area contributed by atoms with E-state index in [9.17, 15) is 13.2 Å². The van der Waals surface area contributed by atoms with Crippen LogP contribution in [-0.4, -0.2) is 32.5 Å². The molecule has 0 saturated heterocycles. The Bertz CT molecular complexity index is 1290. The summed E-state index contributed by atoms with van der Waals surface area (Å²) in [6.45, 7) is 1.31. The molecule has 0 aliphatic carbocycles. The molecule has 4 heterocycles. The van der Waals surface area contributed by atoms with Crippen LogP contribution in [0.15, 0.2) is 50.3 Å². The van der Waals surface area contributed by atoms with Gasteiger partial charge in [-0.2, -0.15) is 0 Å². The number of nitrogens with zero attached hydrogens (tertiary/aromatic N) is 4. The molecule has 1 aromatic carbocycles. The van der Waals surface area contributed by atoms with Gasteiger partial charge in [-0.25, -0.2) is 0 Å². The maximum atomic E-state index is 13.2. The van der Waals surface area contributed by atoms with E-state index in [0.717, 1.165) is 64.2 Å². The molecule has 5 rings (SSSR count). The summed E-state index contributed by atoms with van der Waals surface area (Å²) in [6.07, 6.45) is 4.40. The molecular formula is C23H20F3IN5-. The van der Waals surface area contributed by atoms with Gasteiger partial charge in [0.2, 0.25) is 0 Å². The molecule has 0 amide bonds. The van der Waals surface area contributed by atoms with Crippen LogP contribution < -0.4 is 26.9 Å². The summed E-state index contributed by atoms with van der Waals surface area (Å²) in [5.41, 5.74) is 12.6. The molecule has 0 fully saturated rings. The van der Waals surface area contributed by atoms with Crippen LogP contribution >= 0.6 is 0 Å². The minimum absolute atomic E-state index is 0.454. The molecule has 2 aliphatic heterocycles. The molecule has 2 aromatic heterocycles. The van der Waals surface area contributed by atoms with Crippen LogP contribution in [-0.2, 0) is 19.4 Å². The summed E-state index contributed by atoms with van der Waals surface area (Å²) < 4.78 is 42.9. The predicted molar refractivity (Wildman–Crippen MR) is 113 cm³/mol. The molecule has 0 atom stereocenters. The number of fused-ring (bicyclic) bond motifs is 2. The molecule has 9 heteroatoms. The number of nitrogens with two attached hydrogens (primary N) is 1. The zero-order valence-electron chi connectivity index (χ0n) is 17.0. The summed E-state index contributed by atoms with van der Waals surface area (Å²) in [5, 5.41) is 4.80. The number of hydrogen-bond acceptors (Lipinski definition) is 4. The molecule has 166 valence electrons. The third-order valence-corrected chi connectivity index (χ3v) is 8.10. The SMILES string of the molecule is NCCc1cnc2ccc(-c3c(C4=C[I-]C(C(F)(F)F)=CC=C4)nn4c3CCC4)cc2n1. The molecule has 0 unspecified atom stereocenters. The van der Waals surface area contributed by atoms with E-state index in [1.54, 1.807) is 16.4 Å². The molecule has 0 saturated carbocycles. The molecule has 3 aromatic rings. The van der Waals surface area contributed by atoms with Crippen molar-refractivity contribution in [2.75, 3.05) is 6.54 Å². The predicted octanol–water partition coefficient (Wildman–Crippen LogP) is 1.39. The second kappa shape index (κ2) is 8.43. The van der Waals surface area contributed by atoms with Gasteiger partial charge < -0.3 is 0 Å². The molecule has 5 nitrogen and oxygen atoms in total. The fourth-order valence-corrected chi connectivity index (χ4v) is 5.97. The van der Waals surface area contributed by atoms with E-state index in [4.69, 9.17) is 15.8 Å². The summed E-state index contributed by atoms with van der Waals surface area (Å²) in [7, 11) is 0. The van der Waals surface area contributed by atoms with E-state index in [2.05, 4.69) is 4.98 Å². The van der Waals surface area contributed by atoms with Crippen molar-refractivity contribution in [1.82, 2.24) is 19.7 Å². The van der Waals surface area contributed by atoms with Crippen molar-refractivity contribution in [2.24, 2.45) is 5.73 Å². The fourth-order valence-electron chi connectivity index (χ4n) is 4.02. The maximum absolute atomic E-state index is 13.2. The molecule has 2 N–H and O–H groups in total. The number of benzene rings is 1. The fraction of sp³-hybridized carbons (Fsp3) is 0.261. The van der Waals surface area contributed by atoms with Crippen LogP contribution in [0.1, 0.15) is 23.5 Å². The number of aromatic nitrogens is 4. The van der Waals surface area contributed by atoms with E-state index in [-0.39, 0.29) is 0 Å². The van der Waals surface area contributed by atoms with Crippen molar-refractivity contribution < 1.29 is 34.4 Å². The number of alkyl halides is 3. The minimum atomic E-state index is -4.29. The first-order chi connectivity index (χ1) is 15.4. The van der Waals surface area contributed by atoms with Crippen LogP contribution in [0, 0.1) is 0 Å². The zero-order valence-corrected chi connectivity index (χ0v) is 19.2. The quantitative estimate of drug-likeness (QED) is 0.499. The summed E-state index contributed by atoms with van der Waals surface area (Å²) in [6, 6.07) is 5.92. The Hall–Kier alpha value is -2.53. The van der Waals surface area contributed by atoms with Crippen LogP contribution in [0.25, 0.3) is 27.7 Å². The van der Waals surface area contributed by atoms with Gasteiger partial charge in [0.05, 0.1) is 0 Å². The van der Waals surface area contributed by atoms with Gasteiger partial charge in [-0.15, -0.1) is 0 Å². The van der Waals surface area contributed by atoms with Gasteiger partial charge in [-0.05, 0) is 0 Å². The van der Waals surface area contributed by atoms with Gasteiger partial charge in [0.15, 0.2) is 0 Å². The van der Waals surface area contributed by atoms with Gasteiger partial charge in [-0.1, -0.05) is 0 Å². The summed E-state index contributed by atoms with van der Waals surface area (Å²) >= 11 is -1.31. The molecule has 32 heavy (non-hydrogen) atoms. The zero-order chi connectivity index (χ0) is 22.3. The van der Waals surface area contributed by atoms with Crippen molar-refractivity contribution in [2.45, 2.75) is 32.0 Å². The van der Waals surface area contributed by atoms with Gasteiger partial charge in [-0.3, -0.25) is 0 Å². The van der Waals surface area contributed by atoms with E-state index >= 15 is 0 Å². The third-order valence-electron chi connectivity index (χ3n) is 5.47. The standard InChI is InChI=1S/C23H20F3IN5/c24-23(25,26)20-5-1-3-15(12-27-20)22-21(19-4-2-10-32(19)31-22)14-6-7-17-18(11-14)30-16(8-9-28)13-29-17/h1,3,5-7,11-13H,2,4,8-10,28H2/q-1. The number of halogens is 4. The van der Waals surface area contributed by atoms with Crippen molar-refractivity contribution in [3.05, 3.63) is 67.4 Å². The average Bonchev–Trinajstić information content (AvgIpc) is 3.25. The van der Waals surface area contributed by atoms with Crippen molar-refractivity contribution in [3.63, 3.8) is 0 Å². The second-order valence-corrected chi connectivity index (χ2v) is 10.1. The van der Waals surface area contributed by atoms with Crippen molar-refractivity contribution in [3.8, 4) is 11.1 Å². The Kier molecular flexibility index (Phi) is 5.62. The number of rotatable bonds is 4. The first-order valence-corrected chi connectivity index (χ1v) is 12.6. The summed E-state index contributed by atoms with van der Waals surface area (Å²) in [4.78, 5) is 9.18. The van der Waals surface area contributed by atoms with E-state index in [1.165, 1.54) is 12.2 Å². The molecule has 0 radical (unpaired) electrons. The van der Waals surface area contributed by atoms with Gasteiger partial charge in [0.25, 0.3) is 0 Å². The normalized spacial score (nSPS) is 16.4. The van der Waals surface area contributed by atoms with Gasteiger partial charge in [0, 0.05) is 0 Å². The van der Waals surface area contributed by atoms with Crippen molar-refractivity contribution in [1.29, 1.82) is 0 Å². The molecule has 0 spiro atoms. The molecule has 0 bridgehead atoms. The van der Waals surface area contributed by atoms with Gasteiger partial charge in [0.1, 0.15) is 0 Å². The van der Waals surface area contributed by atoms with Crippen LogP contribution in [0.2, 0.25) is 0 Å². The first-order valence-electron chi connectivity index (χ1n) is 10.3. The second-order valence-electron chi connectivity index (χ2n) is 7.65. The average molecular weight is 550 g/mol. The molecular weight excluding hydrogens is 530 g/mol. The van der Waals surface area contributed by atoms with Crippen molar-refractivity contribution >= 4 is 16.6 Å². The summed E-state index contributed by atoms with van der Waals surface area (Å²) in [5.74, 6) is 0.